The minimum atomic E-state index is 0.0583. The van der Waals surface area contributed by atoms with Gasteiger partial charge in [0.25, 0.3) is 0 Å². The van der Waals surface area contributed by atoms with Gasteiger partial charge in [0.2, 0.25) is 0 Å². The molecule has 1 aliphatic rings. The van der Waals surface area contributed by atoms with Gasteiger partial charge in [-0.3, -0.25) is 10.1 Å². The Morgan fingerprint density at radius 2 is 1.62 bits per heavy atom. The van der Waals surface area contributed by atoms with Crippen LogP contribution in [-0.4, -0.2) is 39.4 Å². The first-order valence-corrected chi connectivity index (χ1v) is 10.2. The number of anilines is 1. The maximum Gasteiger partial charge on any atom is 0.182 e. The Kier molecular flexibility index (Phi) is 4.84. The Bertz CT molecular complexity index is 1130. The third-order valence-corrected chi connectivity index (χ3v) is 5.89. The van der Waals surface area contributed by atoms with Gasteiger partial charge in [0.15, 0.2) is 5.82 Å². The van der Waals surface area contributed by atoms with Crippen LogP contribution in [0.25, 0.3) is 21.5 Å². The molecular formula is C24H24N4O. The third-order valence-electron chi connectivity index (χ3n) is 5.89. The lowest BCUT2D eigenvalue weighted by atomic mass is 10.0. The number of fused-ring (bicyclic) bond motifs is 2. The molecule has 5 rings (SSSR count). The van der Waals surface area contributed by atoms with Crippen molar-refractivity contribution < 1.29 is 5.21 Å². The van der Waals surface area contributed by atoms with Crippen LogP contribution in [0.1, 0.15) is 18.4 Å². The fraction of sp³-hybridized carbons (Fsp3) is 0.250. The molecule has 0 spiro atoms. The highest BCUT2D eigenvalue weighted by Gasteiger charge is 2.26. The van der Waals surface area contributed by atoms with Crippen LogP contribution in [-0.2, 0) is 6.54 Å². The van der Waals surface area contributed by atoms with Crippen molar-refractivity contribution in [3.63, 3.8) is 0 Å². The van der Waals surface area contributed by atoms with Gasteiger partial charge < -0.3 is 0 Å². The third kappa shape index (κ3) is 3.67. The van der Waals surface area contributed by atoms with E-state index in [9.17, 15) is 5.21 Å². The summed E-state index contributed by atoms with van der Waals surface area (Å²) in [5.41, 5.74) is 1.34. The van der Waals surface area contributed by atoms with Crippen LogP contribution in [0.2, 0.25) is 0 Å². The molecule has 0 amide bonds. The number of nitrogens with zero attached hydrogens (tertiary/aromatic N) is 4. The molecule has 1 saturated heterocycles. The average Bonchev–Trinajstić information content (AvgIpc) is 2.79. The van der Waals surface area contributed by atoms with Crippen molar-refractivity contribution in [2.24, 2.45) is 0 Å². The standard InChI is InChI=1S/C24H24N4O/c29-28(24-23-8-4-3-7-21(23)16-25-26-24)22-11-13-27(14-12-22)17-18-9-10-19-5-1-2-6-20(19)15-18/h1-10,15-16,22,29H,11-14,17H2. The molecule has 29 heavy (non-hydrogen) atoms. The molecule has 1 aliphatic heterocycles. The molecule has 0 atom stereocenters. The minimum absolute atomic E-state index is 0.0583. The molecule has 1 fully saturated rings. The number of piperidine rings is 1. The Balaban J connectivity index is 1.26. The van der Waals surface area contributed by atoms with Crippen molar-refractivity contribution in [3.05, 3.63) is 78.5 Å². The lowest BCUT2D eigenvalue weighted by Crippen LogP contribution is -2.43. The van der Waals surface area contributed by atoms with E-state index in [1.54, 1.807) is 6.20 Å². The predicted molar refractivity (Wildman–Crippen MR) is 116 cm³/mol. The number of likely N-dealkylation sites (tertiary alicyclic amines) is 1. The molecule has 0 unspecified atom stereocenters. The van der Waals surface area contributed by atoms with E-state index >= 15 is 0 Å². The first-order chi connectivity index (χ1) is 14.3. The molecule has 1 aromatic heterocycles. The topological polar surface area (TPSA) is 52.5 Å². The van der Waals surface area contributed by atoms with E-state index < -0.39 is 0 Å². The molecular weight excluding hydrogens is 360 g/mol. The highest BCUT2D eigenvalue weighted by molar-refractivity contribution is 5.91. The molecule has 0 saturated carbocycles. The van der Waals surface area contributed by atoms with Gasteiger partial charge in [-0.05, 0) is 35.2 Å². The smallest absolute Gasteiger partial charge is 0.182 e. The first kappa shape index (κ1) is 18.0. The van der Waals surface area contributed by atoms with Gasteiger partial charge in [-0.15, -0.1) is 5.10 Å². The predicted octanol–water partition coefficient (Wildman–Crippen LogP) is 4.64. The maximum absolute atomic E-state index is 10.8. The Labute approximate surface area is 170 Å². The van der Waals surface area contributed by atoms with Gasteiger partial charge in [-0.2, -0.15) is 5.10 Å². The van der Waals surface area contributed by atoms with Crippen molar-refractivity contribution in [2.45, 2.75) is 25.4 Å². The molecule has 2 heterocycles. The van der Waals surface area contributed by atoms with Gasteiger partial charge in [0.1, 0.15) is 0 Å². The van der Waals surface area contributed by atoms with Gasteiger partial charge in [-0.1, -0.05) is 60.7 Å². The van der Waals surface area contributed by atoms with Crippen molar-refractivity contribution in [1.82, 2.24) is 15.1 Å². The molecule has 146 valence electrons. The fourth-order valence-electron chi connectivity index (χ4n) is 4.27. The van der Waals surface area contributed by atoms with E-state index in [0.717, 1.165) is 43.2 Å². The second kappa shape index (κ2) is 7.78. The first-order valence-electron chi connectivity index (χ1n) is 10.2. The number of aromatic nitrogens is 2. The Morgan fingerprint density at radius 1 is 0.897 bits per heavy atom. The summed E-state index contributed by atoms with van der Waals surface area (Å²) in [6.45, 7) is 2.84. The highest BCUT2D eigenvalue weighted by atomic mass is 16.5. The number of hydrogen-bond acceptors (Lipinski definition) is 5. The average molecular weight is 384 g/mol. The summed E-state index contributed by atoms with van der Waals surface area (Å²) in [4.78, 5) is 2.46. The Morgan fingerprint density at radius 3 is 2.45 bits per heavy atom. The van der Waals surface area contributed by atoms with E-state index in [2.05, 4.69) is 57.6 Å². The summed E-state index contributed by atoms with van der Waals surface area (Å²) < 4.78 is 0. The van der Waals surface area contributed by atoms with Crippen molar-refractivity contribution in [3.8, 4) is 0 Å². The zero-order chi connectivity index (χ0) is 19.6. The van der Waals surface area contributed by atoms with E-state index in [-0.39, 0.29) is 6.04 Å². The highest BCUT2D eigenvalue weighted by Crippen LogP contribution is 2.27. The summed E-state index contributed by atoms with van der Waals surface area (Å²) in [7, 11) is 0. The monoisotopic (exact) mass is 384 g/mol. The number of rotatable bonds is 4. The minimum Gasteiger partial charge on any atom is -0.299 e. The molecule has 3 aromatic carbocycles. The van der Waals surface area contributed by atoms with E-state index in [1.165, 1.54) is 21.4 Å². The second-order valence-corrected chi connectivity index (χ2v) is 7.79. The van der Waals surface area contributed by atoms with Crippen LogP contribution < -0.4 is 5.06 Å². The van der Waals surface area contributed by atoms with E-state index in [1.807, 2.05) is 24.3 Å². The lowest BCUT2D eigenvalue weighted by molar-refractivity contribution is 0.138. The van der Waals surface area contributed by atoms with Gasteiger partial charge in [-0.25, -0.2) is 5.06 Å². The van der Waals surface area contributed by atoms with Gasteiger partial charge in [0, 0.05) is 30.4 Å². The summed E-state index contributed by atoms with van der Waals surface area (Å²) in [6, 6.07) is 23.2. The number of hydrogen-bond donors (Lipinski definition) is 1. The molecule has 4 aromatic rings. The molecule has 1 N–H and O–H groups in total. The van der Waals surface area contributed by atoms with Crippen molar-refractivity contribution in [2.75, 3.05) is 18.2 Å². The van der Waals surface area contributed by atoms with Crippen LogP contribution >= 0.6 is 0 Å². The molecule has 0 radical (unpaired) electrons. The zero-order valence-electron chi connectivity index (χ0n) is 16.3. The molecule has 5 nitrogen and oxygen atoms in total. The second-order valence-electron chi connectivity index (χ2n) is 7.79. The largest absolute Gasteiger partial charge is 0.299 e. The van der Waals surface area contributed by atoms with Crippen LogP contribution in [0.3, 0.4) is 0 Å². The summed E-state index contributed by atoms with van der Waals surface area (Å²) >= 11 is 0. The molecule has 0 aliphatic carbocycles. The summed E-state index contributed by atoms with van der Waals surface area (Å²) in [6.07, 6.45) is 3.53. The van der Waals surface area contributed by atoms with Crippen LogP contribution in [0, 0.1) is 0 Å². The number of benzene rings is 3. The molecule has 0 bridgehead atoms. The van der Waals surface area contributed by atoms with Gasteiger partial charge in [0.05, 0.1) is 12.2 Å². The van der Waals surface area contributed by atoms with Gasteiger partial charge >= 0.3 is 0 Å². The quantitative estimate of drug-likeness (QED) is 0.519. The fourth-order valence-corrected chi connectivity index (χ4v) is 4.27. The van der Waals surface area contributed by atoms with E-state index in [4.69, 9.17) is 0 Å². The SMILES string of the molecule is ON(c1nncc2ccccc12)C1CCN(Cc2ccc3ccccc3c2)CC1. The Hall–Kier alpha value is -3.02. The van der Waals surface area contributed by atoms with E-state index in [0.29, 0.717) is 5.82 Å². The zero-order valence-corrected chi connectivity index (χ0v) is 16.3. The number of hydroxylamine groups is 1. The van der Waals surface area contributed by atoms with Crippen molar-refractivity contribution >= 4 is 27.4 Å². The maximum atomic E-state index is 10.8. The van der Waals surface area contributed by atoms with Crippen molar-refractivity contribution in [1.29, 1.82) is 0 Å². The normalized spacial score (nSPS) is 15.8. The summed E-state index contributed by atoms with van der Waals surface area (Å²) in [5, 5.41) is 25.0. The lowest BCUT2D eigenvalue weighted by Gasteiger charge is -2.35. The van der Waals surface area contributed by atoms with Crippen LogP contribution in [0.15, 0.2) is 72.9 Å². The van der Waals surface area contributed by atoms with Crippen LogP contribution in [0.4, 0.5) is 5.82 Å². The summed E-state index contributed by atoms with van der Waals surface area (Å²) in [5.74, 6) is 0.552. The molecule has 5 heteroatoms. The van der Waals surface area contributed by atoms with Crippen LogP contribution in [0.5, 0.6) is 0 Å².